The van der Waals surface area contributed by atoms with E-state index in [9.17, 15) is 4.79 Å². The van der Waals surface area contributed by atoms with Gasteiger partial charge in [0.1, 0.15) is 6.33 Å². The van der Waals surface area contributed by atoms with Gasteiger partial charge in [0.25, 0.3) is 5.91 Å². The summed E-state index contributed by atoms with van der Waals surface area (Å²) in [5, 5.41) is 19.3. The number of nitrogens with zero attached hydrogens (tertiary/aromatic N) is 9. The predicted octanol–water partition coefficient (Wildman–Crippen LogP) is -0.119. The third kappa shape index (κ3) is 2.84. The number of carbonyl (C=O) groups excluding carboxylic acids is 1. The molecule has 0 bridgehead atoms. The van der Waals surface area contributed by atoms with Gasteiger partial charge < -0.3 is 9.80 Å². The fourth-order valence-corrected chi connectivity index (χ4v) is 3.39. The molecule has 1 aliphatic rings. The van der Waals surface area contributed by atoms with E-state index in [1.807, 2.05) is 48.1 Å². The molecule has 3 heterocycles. The van der Waals surface area contributed by atoms with Gasteiger partial charge in [-0.15, -0.1) is 10.2 Å². The van der Waals surface area contributed by atoms with Crippen molar-refractivity contribution in [1.82, 2.24) is 45.0 Å². The van der Waals surface area contributed by atoms with Crippen LogP contribution in [-0.4, -0.2) is 84.1 Å². The van der Waals surface area contributed by atoms with Gasteiger partial charge >= 0.3 is 0 Å². The van der Waals surface area contributed by atoms with E-state index in [0.717, 1.165) is 0 Å². The smallest absolute Gasteiger partial charge is 0.256 e. The standard InChI is InChI=1S/C16H19N9O/c1-22(2)14-9-23(10-15(14)24-8-7-17-20-24)16(26)12-5-3-4-6-13(12)25-11-18-19-21-25/h3-8,11,14-15H,9-10H2,1-2H3/t14-,15+/m1/s1. The average Bonchev–Trinajstić information content (AvgIpc) is 3.41. The largest absolute Gasteiger partial charge is 0.335 e. The lowest BCUT2D eigenvalue weighted by Crippen LogP contribution is -2.37. The van der Waals surface area contributed by atoms with Gasteiger partial charge in [-0.2, -0.15) is 4.68 Å². The predicted molar refractivity (Wildman–Crippen MR) is 91.6 cm³/mol. The highest BCUT2D eigenvalue weighted by atomic mass is 16.2. The summed E-state index contributed by atoms with van der Waals surface area (Å²) in [6.07, 6.45) is 4.98. The van der Waals surface area contributed by atoms with Crippen LogP contribution in [0.5, 0.6) is 0 Å². The van der Waals surface area contributed by atoms with Gasteiger partial charge in [-0.05, 0) is 36.7 Å². The fraction of sp³-hybridized carbons (Fsp3) is 0.375. The molecule has 0 radical (unpaired) electrons. The van der Waals surface area contributed by atoms with E-state index in [1.54, 1.807) is 12.3 Å². The molecule has 0 N–H and O–H groups in total. The molecule has 1 aromatic carbocycles. The van der Waals surface area contributed by atoms with Crippen molar-refractivity contribution in [3.8, 4) is 5.69 Å². The second-order valence-corrected chi connectivity index (χ2v) is 6.46. The molecule has 0 spiro atoms. The summed E-state index contributed by atoms with van der Waals surface area (Å²) in [6, 6.07) is 7.54. The molecule has 1 aliphatic heterocycles. The molecule has 0 aliphatic carbocycles. The summed E-state index contributed by atoms with van der Waals surface area (Å²) in [7, 11) is 4.02. The minimum absolute atomic E-state index is 0.0504. The van der Waals surface area contributed by atoms with E-state index >= 15 is 0 Å². The van der Waals surface area contributed by atoms with Crippen LogP contribution in [0.2, 0.25) is 0 Å². The molecule has 2 atom stereocenters. The summed E-state index contributed by atoms with van der Waals surface area (Å²) in [6.45, 7) is 1.18. The van der Waals surface area contributed by atoms with Crippen LogP contribution in [0.25, 0.3) is 5.69 Å². The quantitative estimate of drug-likeness (QED) is 0.645. The average molecular weight is 353 g/mol. The van der Waals surface area contributed by atoms with Gasteiger partial charge in [0.2, 0.25) is 0 Å². The van der Waals surface area contributed by atoms with Gasteiger partial charge in [0.15, 0.2) is 0 Å². The number of para-hydroxylation sites is 1. The normalized spacial score (nSPS) is 20.0. The molecular formula is C16H19N9O. The van der Waals surface area contributed by atoms with Gasteiger partial charge in [0, 0.05) is 19.3 Å². The Morgan fingerprint density at radius 1 is 1.15 bits per heavy atom. The van der Waals surface area contributed by atoms with Crippen molar-refractivity contribution in [3.05, 3.63) is 48.5 Å². The van der Waals surface area contributed by atoms with E-state index in [1.165, 1.54) is 11.0 Å². The van der Waals surface area contributed by atoms with Gasteiger partial charge in [0.05, 0.1) is 29.5 Å². The molecule has 0 saturated carbocycles. The Bertz CT molecular complexity index is 875. The molecule has 10 nitrogen and oxygen atoms in total. The second kappa shape index (κ2) is 6.64. The van der Waals surface area contributed by atoms with Gasteiger partial charge in [-0.3, -0.25) is 4.79 Å². The highest BCUT2D eigenvalue weighted by molar-refractivity contribution is 5.98. The van der Waals surface area contributed by atoms with Crippen LogP contribution in [-0.2, 0) is 0 Å². The summed E-state index contributed by atoms with van der Waals surface area (Å²) in [4.78, 5) is 17.2. The zero-order valence-electron chi connectivity index (χ0n) is 14.5. The SMILES string of the molecule is CN(C)[C@@H]1CN(C(=O)c2ccccc2-n2cnnn2)C[C@@H]1n1ccnn1. The van der Waals surface area contributed by atoms with Crippen LogP contribution < -0.4 is 0 Å². The molecule has 10 heteroatoms. The lowest BCUT2D eigenvalue weighted by atomic mass is 10.1. The number of hydrogen-bond donors (Lipinski definition) is 0. The number of hydrogen-bond acceptors (Lipinski definition) is 7. The Balaban J connectivity index is 1.64. The first-order valence-corrected chi connectivity index (χ1v) is 8.29. The Kier molecular flexibility index (Phi) is 4.17. The molecule has 1 fully saturated rings. The maximum atomic E-state index is 13.2. The number of aromatic nitrogens is 7. The zero-order valence-corrected chi connectivity index (χ0v) is 14.5. The third-order valence-corrected chi connectivity index (χ3v) is 4.72. The number of likely N-dealkylation sites (N-methyl/N-ethyl adjacent to an activating group) is 1. The molecule has 2 aromatic heterocycles. The minimum Gasteiger partial charge on any atom is -0.335 e. The molecular weight excluding hydrogens is 334 g/mol. The zero-order chi connectivity index (χ0) is 18.1. The topological polar surface area (TPSA) is 97.9 Å². The summed E-state index contributed by atoms with van der Waals surface area (Å²) < 4.78 is 3.33. The first kappa shape index (κ1) is 16.3. The monoisotopic (exact) mass is 353 g/mol. The summed E-state index contributed by atoms with van der Waals surface area (Å²) in [5.41, 5.74) is 1.23. The first-order chi connectivity index (χ1) is 12.6. The second-order valence-electron chi connectivity index (χ2n) is 6.46. The lowest BCUT2D eigenvalue weighted by Gasteiger charge is -2.24. The van der Waals surface area contributed by atoms with E-state index < -0.39 is 0 Å². The van der Waals surface area contributed by atoms with E-state index in [-0.39, 0.29) is 18.0 Å². The molecule has 26 heavy (non-hydrogen) atoms. The van der Waals surface area contributed by atoms with Crippen molar-refractivity contribution in [2.45, 2.75) is 12.1 Å². The van der Waals surface area contributed by atoms with Gasteiger partial charge in [-0.1, -0.05) is 17.3 Å². The van der Waals surface area contributed by atoms with Crippen LogP contribution in [0.4, 0.5) is 0 Å². The molecule has 1 saturated heterocycles. The molecule has 0 unspecified atom stereocenters. The highest BCUT2D eigenvalue weighted by Crippen LogP contribution is 2.27. The van der Waals surface area contributed by atoms with E-state index in [2.05, 4.69) is 30.7 Å². The summed E-state index contributed by atoms with van der Waals surface area (Å²) >= 11 is 0. The minimum atomic E-state index is -0.0504. The third-order valence-electron chi connectivity index (χ3n) is 4.72. The maximum Gasteiger partial charge on any atom is 0.256 e. The van der Waals surface area contributed by atoms with Crippen molar-refractivity contribution in [1.29, 1.82) is 0 Å². The molecule has 134 valence electrons. The number of amides is 1. The Labute approximate surface area is 150 Å². The van der Waals surface area contributed by atoms with Crippen molar-refractivity contribution in [2.75, 3.05) is 27.2 Å². The fourth-order valence-electron chi connectivity index (χ4n) is 3.39. The number of carbonyl (C=O) groups is 1. The Morgan fingerprint density at radius 2 is 2.00 bits per heavy atom. The van der Waals surface area contributed by atoms with Crippen LogP contribution in [0.3, 0.4) is 0 Å². The number of likely N-dealkylation sites (tertiary alicyclic amines) is 1. The summed E-state index contributed by atoms with van der Waals surface area (Å²) in [5.74, 6) is -0.0504. The number of tetrazole rings is 1. The van der Waals surface area contributed by atoms with Crippen molar-refractivity contribution < 1.29 is 4.79 Å². The molecule has 1 amide bonds. The van der Waals surface area contributed by atoms with Crippen LogP contribution in [0, 0.1) is 0 Å². The van der Waals surface area contributed by atoms with Crippen molar-refractivity contribution in [3.63, 3.8) is 0 Å². The Morgan fingerprint density at radius 3 is 2.69 bits per heavy atom. The first-order valence-electron chi connectivity index (χ1n) is 8.29. The van der Waals surface area contributed by atoms with Crippen LogP contribution >= 0.6 is 0 Å². The van der Waals surface area contributed by atoms with E-state index in [0.29, 0.717) is 24.3 Å². The number of benzene rings is 1. The van der Waals surface area contributed by atoms with E-state index in [4.69, 9.17) is 0 Å². The van der Waals surface area contributed by atoms with Crippen LogP contribution in [0.1, 0.15) is 16.4 Å². The maximum absolute atomic E-state index is 13.2. The lowest BCUT2D eigenvalue weighted by molar-refractivity contribution is 0.0781. The molecule has 3 aromatic rings. The van der Waals surface area contributed by atoms with Crippen molar-refractivity contribution >= 4 is 5.91 Å². The Hall–Kier alpha value is -3.14. The van der Waals surface area contributed by atoms with Gasteiger partial charge in [-0.25, -0.2) is 4.68 Å². The number of rotatable bonds is 4. The highest BCUT2D eigenvalue weighted by Gasteiger charge is 2.38. The van der Waals surface area contributed by atoms with Crippen LogP contribution in [0.15, 0.2) is 43.0 Å². The van der Waals surface area contributed by atoms with Crippen molar-refractivity contribution in [2.24, 2.45) is 0 Å². The molecule has 4 rings (SSSR count).